The Morgan fingerprint density at radius 2 is 1.82 bits per heavy atom. The zero-order valence-electron chi connectivity index (χ0n) is 9.87. The lowest BCUT2D eigenvalue weighted by Crippen LogP contribution is -2.28. The maximum Gasteiger partial charge on any atom is 0.181 e. The molecule has 0 saturated heterocycles. The Morgan fingerprint density at radius 1 is 1.24 bits per heavy atom. The lowest BCUT2D eigenvalue weighted by atomic mass is 10.1. The van der Waals surface area contributed by atoms with Crippen molar-refractivity contribution >= 4 is 16.6 Å². The summed E-state index contributed by atoms with van der Waals surface area (Å²) in [5, 5.41) is -0.979. The van der Waals surface area contributed by atoms with Gasteiger partial charge in [-0.3, -0.25) is 9.00 Å². The second kappa shape index (κ2) is 5.49. The largest absolute Gasteiger partial charge is 0.293 e. The van der Waals surface area contributed by atoms with Crippen LogP contribution in [0.1, 0.15) is 31.1 Å². The van der Waals surface area contributed by atoms with Crippen LogP contribution in [-0.2, 0) is 10.8 Å². The van der Waals surface area contributed by atoms with Gasteiger partial charge in [0.05, 0.1) is 10.8 Å². The molecule has 0 spiro atoms. The van der Waals surface area contributed by atoms with E-state index in [4.69, 9.17) is 0 Å². The summed E-state index contributed by atoms with van der Waals surface area (Å²) in [6.07, 6.45) is 0. The van der Waals surface area contributed by atoms with Crippen LogP contribution in [0.15, 0.2) is 18.2 Å². The molecule has 17 heavy (non-hydrogen) atoms. The van der Waals surface area contributed by atoms with Crippen molar-refractivity contribution in [2.45, 2.75) is 31.3 Å². The predicted octanol–water partition coefficient (Wildman–Crippen LogP) is 2.69. The highest BCUT2D eigenvalue weighted by Crippen LogP contribution is 2.15. The monoisotopic (exact) mass is 260 g/mol. The first kappa shape index (κ1) is 14.0. The Morgan fingerprint density at radius 3 is 2.29 bits per heavy atom. The van der Waals surface area contributed by atoms with Gasteiger partial charge in [-0.1, -0.05) is 13.8 Å². The summed E-state index contributed by atoms with van der Waals surface area (Å²) in [4.78, 5) is 11.9. The summed E-state index contributed by atoms with van der Waals surface area (Å²) < 4.78 is 37.8. The van der Waals surface area contributed by atoms with E-state index < -0.39 is 33.5 Å². The Labute approximate surface area is 101 Å². The molecule has 0 saturated carbocycles. The van der Waals surface area contributed by atoms with Crippen LogP contribution < -0.4 is 0 Å². The number of carbonyl (C=O) groups excluding carboxylic acids is 1. The van der Waals surface area contributed by atoms with Crippen molar-refractivity contribution in [3.05, 3.63) is 35.4 Å². The molecule has 2 nitrogen and oxygen atoms in total. The van der Waals surface area contributed by atoms with Crippen LogP contribution in [0.4, 0.5) is 8.78 Å². The van der Waals surface area contributed by atoms with Gasteiger partial charge in [-0.25, -0.2) is 8.78 Å². The predicted molar refractivity (Wildman–Crippen MR) is 63.4 cm³/mol. The van der Waals surface area contributed by atoms with Crippen molar-refractivity contribution in [2.24, 2.45) is 0 Å². The number of Topliss-reactive ketones (excluding diaryl/α,β-unsaturated/α-hetero) is 1. The smallest absolute Gasteiger partial charge is 0.181 e. The first-order chi connectivity index (χ1) is 7.84. The molecule has 1 aromatic rings. The molecule has 0 aliphatic rings. The van der Waals surface area contributed by atoms with Gasteiger partial charge in [-0.15, -0.1) is 0 Å². The van der Waals surface area contributed by atoms with Gasteiger partial charge in [0.2, 0.25) is 0 Å². The normalized spacial score (nSPS) is 14.7. The Hall–Kier alpha value is -1.10. The topological polar surface area (TPSA) is 34.1 Å². The summed E-state index contributed by atoms with van der Waals surface area (Å²) in [5.74, 6) is -2.21. The van der Waals surface area contributed by atoms with Gasteiger partial charge in [0, 0.05) is 22.1 Å². The molecule has 2 unspecified atom stereocenters. The SMILES string of the molecule is CC(C)S(=O)C(C)C(=O)c1ccc(F)cc1F. The maximum atomic E-state index is 13.4. The Balaban J connectivity index is 3.01. The summed E-state index contributed by atoms with van der Waals surface area (Å²) in [7, 11) is -1.37. The lowest BCUT2D eigenvalue weighted by Gasteiger charge is -2.13. The van der Waals surface area contributed by atoms with E-state index in [1.807, 2.05) is 0 Å². The summed E-state index contributed by atoms with van der Waals surface area (Å²) in [6, 6.07) is 2.75. The molecule has 94 valence electrons. The molecule has 5 heteroatoms. The van der Waals surface area contributed by atoms with Crippen molar-refractivity contribution in [1.29, 1.82) is 0 Å². The molecular formula is C12H14F2O2S. The van der Waals surface area contributed by atoms with Crippen LogP contribution in [0.2, 0.25) is 0 Å². The van der Waals surface area contributed by atoms with Crippen molar-refractivity contribution < 1.29 is 17.8 Å². The van der Waals surface area contributed by atoms with Crippen LogP contribution in [0, 0.1) is 11.6 Å². The van der Waals surface area contributed by atoms with E-state index in [0.29, 0.717) is 6.07 Å². The molecule has 0 aromatic heterocycles. The Bertz CT molecular complexity index is 458. The second-order valence-electron chi connectivity index (χ2n) is 4.01. The summed E-state index contributed by atoms with van der Waals surface area (Å²) in [5.41, 5.74) is -0.215. The number of carbonyl (C=O) groups is 1. The van der Waals surface area contributed by atoms with E-state index in [-0.39, 0.29) is 10.8 Å². The second-order valence-corrected chi connectivity index (χ2v) is 6.31. The molecule has 0 amide bonds. The van der Waals surface area contributed by atoms with E-state index in [1.165, 1.54) is 6.92 Å². The van der Waals surface area contributed by atoms with Gasteiger partial charge in [-0.2, -0.15) is 0 Å². The van der Waals surface area contributed by atoms with Gasteiger partial charge < -0.3 is 0 Å². The van der Waals surface area contributed by atoms with E-state index in [2.05, 4.69) is 0 Å². The van der Waals surface area contributed by atoms with Crippen LogP contribution in [0.25, 0.3) is 0 Å². The number of benzene rings is 1. The molecule has 0 bridgehead atoms. The lowest BCUT2D eigenvalue weighted by molar-refractivity contribution is 0.0988. The number of ketones is 1. The van der Waals surface area contributed by atoms with Crippen molar-refractivity contribution in [2.75, 3.05) is 0 Å². The van der Waals surface area contributed by atoms with Crippen molar-refractivity contribution in [3.8, 4) is 0 Å². The minimum atomic E-state index is -1.37. The molecule has 0 radical (unpaired) electrons. The number of rotatable bonds is 4. The third-order valence-electron chi connectivity index (χ3n) is 2.38. The van der Waals surface area contributed by atoms with Crippen LogP contribution >= 0.6 is 0 Å². The Kier molecular flexibility index (Phi) is 4.51. The minimum absolute atomic E-state index is 0.183. The molecule has 0 heterocycles. The van der Waals surface area contributed by atoms with Gasteiger partial charge >= 0.3 is 0 Å². The molecule has 2 atom stereocenters. The molecule has 1 aromatic carbocycles. The first-order valence-corrected chi connectivity index (χ1v) is 6.51. The fourth-order valence-electron chi connectivity index (χ4n) is 1.42. The number of hydrogen-bond acceptors (Lipinski definition) is 2. The molecule has 0 aliphatic carbocycles. The zero-order valence-corrected chi connectivity index (χ0v) is 10.7. The van der Waals surface area contributed by atoms with Crippen LogP contribution in [0.3, 0.4) is 0 Å². The summed E-state index contributed by atoms with van der Waals surface area (Å²) >= 11 is 0. The van der Waals surface area contributed by atoms with Crippen molar-refractivity contribution in [1.82, 2.24) is 0 Å². The summed E-state index contributed by atoms with van der Waals surface area (Å²) in [6.45, 7) is 4.93. The maximum absolute atomic E-state index is 13.4. The van der Waals surface area contributed by atoms with Gasteiger partial charge in [-0.05, 0) is 19.1 Å². The third-order valence-corrected chi connectivity index (χ3v) is 4.22. The van der Waals surface area contributed by atoms with E-state index in [1.54, 1.807) is 13.8 Å². The molecular weight excluding hydrogens is 246 g/mol. The van der Waals surface area contributed by atoms with Crippen LogP contribution in [0.5, 0.6) is 0 Å². The highest BCUT2D eigenvalue weighted by molar-refractivity contribution is 7.87. The van der Waals surface area contributed by atoms with Gasteiger partial charge in [0.1, 0.15) is 11.6 Å². The fraction of sp³-hybridized carbons (Fsp3) is 0.417. The van der Waals surface area contributed by atoms with Gasteiger partial charge in [0.15, 0.2) is 5.78 Å². The van der Waals surface area contributed by atoms with E-state index in [9.17, 15) is 17.8 Å². The first-order valence-electron chi connectivity index (χ1n) is 5.23. The molecule has 0 aliphatic heterocycles. The number of halogens is 2. The fourth-order valence-corrected chi connectivity index (χ4v) is 2.58. The zero-order chi connectivity index (χ0) is 13.2. The average molecular weight is 260 g/mol. The van der Waals surface area contributed by atoms with Crippen molar-refractivity contribution in [3.63, 3.8) is 0 Å². The molecule has 0 N–H and O–H groups in total. The number of hydrogen-bond donors (Lipinski definition) is 0. The minimum Gasteiger partial charge on any atom is -0.293 e. The van der Waals surface area contributed by atoms with E-state index in [0.717, 1.165) is 12.1 Å². The molecule has 1 rings (SSSR count). The molecule has 0 fully saturated rings. The highest BCUT2D eigenvalue weighted by atomic mass is 32.2. The van der Waals surface area contributed by atoms with E-state index >= 15 is 0 Å². The third kappa shape index (κ3) is 3.19. The van der Waals surface area contributed by atoms with Crippen LogP contribution in [-0.4, -0.2) is 20.5 Å². The highest BCUT2D eigenvalue weighted by Gasteiger charge is 2.25. The average Bonchev–Trinajstić information content (AvgIpc) is 2.26. The van der Waals surface area contributed by atoms with Gasteiger partial charge in [0.25, 0.3) is 0 Å². The standard InChI is InChI=1S/C12H14F2O2S/c1-7(2)17(16)8(3)12(15)10-5-4-9(13)6-11(10)14/h4-8H,1-3H3. The quantitative estimate of drug-likeness (QED) is 0.780.